The highest BCUT2D eigenvalue weighted by Crippen LogP contribution is 2.26. The van der Waals surface area contributed by atoms with Crippen LogP contribution in [0.25, 0.3) is 17.0 Å². The normalized spacial score (nSPS) is 11.2. The number of phenolic OH excluding ortho intramolecular Hbond substituents is 1. The molecule has 0 saturated carbocycles. The molecule has 0 aliphatic rings. The fourth-order valence-electron chi connectivity index (χ4n) is 1.75. The molecule has 0 atom stereocenters. The van der Waals surface area contributed by atoms with E-state index in [9.17, 15) is 14.7 Å². The summed E-state index contributed by atoms with van der Waals surface area (Å²) in [5, 5.41) is 9.98. The molecule has 0 radical (unpaired) electrons. The zero-order valence-electron chi connectivity index (χ0n) is 10.8. The summed E-state index contributed by atoms with van der Waals surface area (Å²) in [6.45, 7) is 1.78. The summed E-state index contributed by atoms with van der Waals surface area (Å²) >= 11 is 1.82. The van der Waals surface area contributed by atoms with E-state index in [1.54, 1.807) is 13.0 Å². The molecule has 0 aliphatic carbocycles. The topological polar surface area (TPSA) is 76.7 Å². The van der Waals surface area contributed by atoms with Crippen LogP contribution in [0.3, 0.4) is 0 Å². The van der Waals surface area contributed by atoms with Crippen molar-refractivity contribution in [1.82, 2.24) is 0 Å². The lowest BCUT2D eigenvalue weighted by molar-refractivity contribution is -0.134. The Balaban J connectivity index is 2.70. The quantitative estimate of drug-likeness (QED) is 0.488. The van der Waals surface area contributed by atoms with E-state index < -0.39 is 5.97 Å². The molecule has 104 valence electrons. The first kappa shape index (κ1) is 14.6. The minimum Gasteiger partial charge on any atom is -0.507 e. The first-order valence-corrected chi connectivity index (χ1v) is 6.74. The van der Waals surface area contributed by atoms with E-state index in [0.29, 0.717) is 0 Å². The third kappa shape index (κ3) is 2.69. The molecule has 0 saturated heterocycles. The highest BCUT2D eigenvalue weighted by molar-refractivity contribution is 14.1. The molecule has 0 spiro atoms. The van der Waals surface area contributed by atoms with Crippen molar-refractivity contribution in [2.45, 2.75) is 6.92 Å². The Hall–Kier alpha value is -1.83. The molecular formula is C14H11IO5. The number of hydrogen-bond acceptors (Lipinski definition) is 5. The second-order valence-corrected chi connectivity index (χ2v) is 5.20. The van der Waals surface area contributed by atoms with Gasteiger partial charge in [-0.15, -0.1) is 0 Å². The Labute approximate surface area is 128 Å². The molecule has 0 fully saturated rings. The summed E-state index contributed by atoms with van der Waals surface area (Å²) in [6.07, 6.45) is 2.54. The van der Waals surface area contributed by atoms with Crippen LogP contribution >= 0.6 is 22.6 Å². The van der Waals surface area contributed by atoms with Crippen LogP contribution in [0.2, 0.25) is 0 Å². The molecule has 1 N–H and O–H groups in total. The number of benzene rings is 1. The average Bonchev–Trinajstić information content (AvgIpc) is 2.39. The minimum absolute atomic E-state index is 0.116. The fraction of sp³-hybridized carbons (Fsp3) is 0.143. The maximum Gasteiger partial charge on any atom is 0.330 e. The second kappa shape index (κ2) is 5.66. The summed E-state index contributed by atoms with van der Waals surface area (Å²) in [7, 11) is 1.26. The second-order valence-electron chi connectivity index (χ2n) is 4.12. The Morgan fingerprint density at radius 3 is 2.80 bits per heavy atom. The van der Waals surface area contributed by atoms with E-state index in [1.807, 2.05) is 22.6 Å². The van der Waals surface area contributed by atoms with Crippen molar-refractivity contribution < 1.29 is 19.1 Å². The maximum absolute atomic E-state index is 12.2. The molecule has 20 heavy (non-hydrogen) atoms. The highest BCUT2D eigenvalue weighted by Gasteiger charge is 2.14. The number of hydrogen-bond donors (Lipinski definition) is 1. The predicted octanol–water partition coefficient (Wildman–Crippen LogP) is 2.60. The first-order valence-electron chi connectivity index (χ1n) is 5.66. The molecule has 2 rings (SSSR count). The maximum atomic E-state index is 12.2. The van der Waals surface area contributed by atoms with E-state index in [2.05, 4.69) is 4.74 Å². The van der Waals surface area contributed by atoms with Gasteiger partial charge in [-0.05, 0) is 53.3 Å². The summed E-state index contributed by atoms with van der Waals surface area (Å²) in [5.74, 6) is -0.413. The number of halogens is 1. The lowest BCUT2D eigenvalue weighted by atomic mass is 10.1. The van der Waals surface area contributed by atoms with Gasteiger partial charge in [-0.25, -0.2) is 4.79 Å². The Morgan fingerprint density at radius 1 is 1.45 bits per heavy atom. The molecule has 1 aromatic heterocycles. The monoisotopic (exact) mass is 386 g/mol. The van der Waals surface area contributed by atoms with Crippen LogP contribution in [0.15, 0.2) is 27.4 Å². The molecule has 0 bridgehead atoms. The van der Waals surface area contributed by atoms with Crippen molar-refractivity contribution in [3.63, 3.8) is 0 Å². The van der Waals surface area contributed by atoms with Gasteiger partial charge in [0, 0.05) is 6.08 Å². The van der Waals surface area contributed by atoms with Crippen molar-refractivity contribution in [2.75, 3.05) is 7.11 Å². The van der Waals surface area contributed by atoms with Crippen LogP contribution in [0.5, 0.6) is 5.75 Å². The molecular weight excluding hydrogens is 375 g/mol. The number of aromatic hydroxyl groups is 1. The van der Waals surface area contributed by atoms with Gasteiger partial charge in [0.2, 0.25) is 5.43 Å². The van der Waals surface area contributed by atoms with Gasteiger partial charge < -0.3 is 14.3 Å². The van der Waals surface area contributed by atoms with Crippen molar-refractivity contribution >= 4 is 45.6 Å². The first-order chi connectivity index (χ1) is 9.43. The molecule has 0 unspecified atom stereocenters. The number of aryl methyl sites for hydroxylation is 1. The standard InChI is InChI=1S/C14H11IO5/c1-7-5-8(16)12-10(6-7)20-9(13(15)14(12)18)3-4-11(17)19-2/h3-6,16H,1-2H3/b4-3+. The Bertz CT molecular complexity index is 773. The zero-order chi connectivity index (χ0) is 14.9. The highest BCUT2D eigenvalue weighted by atomic mass is 127. The third-order valence-corrected chi connectivity index (χ3v) is 3.68. The van der Waals surface area contributed by atoms with Gasteiger partial charge >= 0.3 is 5.97 Å². The lowest BCUT2D eigenvalue weighted by Crippen LogP contribution is -2.08. The molecule has 5 nitrogen and oxygen atoms in total. The summed E-state index contributed by atoms with van der Waals surface area (Å²) in [5.41, 5.74) is 0.702. The molecule has 1 heterocycles. The molecule has 2 aromatic rings. The van der Waals surface area contributed by atoms with Gasteiger partial charge in [0.1, 0.15) is 26.0 Å². The van der Waals surface area contributed by atoms with Crippen molar-refractivity contribution in [1.29, 1.82) is 0 Å². The van der Waals surface area contributed by atoms with Gasteiger partial charge in [-0.2, -0.15) is 0 Å². The Kier molecular flexibility index (Phi) is 4.12. The smallest absolute Gasteiger partial charge is 0.330 e. The summed E-state index contributed by atoms with van der Waals surface area (Å²) < 4.78 is 10.3. The number of rotatable bonds is 2. The summed E-state index contributed by atoms with van der Waals surface area (Å²) in [6, 6.07) is 3.15. The SMILES string of the molecule is COC(=O)/C=C/c1oc2cc(C)cc(O)c2c(=O)c1I. The molecule has 6 heteroatoms. The van der Waals surface area contributed by atoms with Crippen molar-refractivity contribution in [2.24, 2.45) is 0 Å². The third-order valence-electron chi connectivity index (χ3n) is 2.66. The van der Waals surface area contributed by atoms with Gasteiger partial charge in [-0.3, -0.25) is 4.79 Å². The average molecular weight is 386 g/mol. The largest absolute Gasteiger partial charge is 0.507 e. The van der Waals surface area contributed by atoms with Crippen LogP contribution < -0.4 is 5.43 Å². The van der Waals surface area contributed by atoms with Crippen LogP contribution in [0, 0.1) is 10.5 Å². The van der Waals surface area contributed by atoms with Crippen LogP contribution in [-0.4, -0.2) is 18.2 Å². The number of carbonyl (C=O) groups is 1. The molecule has 1 aromatic carbocycles. The van der Waals surface area contributed by atoms with Gasteiger partial charge in [0.15, 0.2) is 0 Å². The number of methoxy groups -OCH3 is 1. The van der Waals surface area contributed by atoms with E-state index in [-0.39, 0.29) is 31.5 Å². The summed E-state index contributed by atoms with van der Waals surface area (Å²) in [4.78, 5) is 23.3. The molecule has 0 amide bonds. The lowest BCUT2D eigenvalue weighted by Gasteiger charge is -2.05. The zero-order valence-corrected chi connectivity index (χ0v) is 12.9. The molecule has 0 aliphatic heterocycles. The number of fused-ring (bicyclic) bond motifs is 1. The van der Waals surface area contributed by atoms with E-state index in [4.69, 9.17) is 4.42 Å². The predicted molar refractivity (Wildman–Crippen MR) is 82.7 cm³/mol. The number of phenols is 1. The van der Waals surface area contributed by atoms with E-state index in [0.717, 1.165) is 5.56 Å². The van der Waals surface area contributed by atoms with Crippen LogP contribution in [0.4, 0.5) is 0 Å². The fourth-order valence-corrected chi connectivity index (χ4v) is 2.31. The van der Waals surface area contributed by atoms with Crippen molar-refractivity contribution in [3.8, 4) is 5.75 Å². The van der Waals surface area contributed by atoms with E-state index in [1.165, 1.54) is 25.3 Å². The van der Waals surface area contributed by atoms with Gasteiger partial charge in [0.25, 0.3) is 0 Å². The van der Waals surface area contributed by atoms with E-state index >= 15 is 0 Å². The Morgan fingerprint density at radius 2 is 2.15 bits per heavy atom. The van der Waals surface area contributed by atoms with Crippen LogP contribution in [-0.2, 0) is 9.53 Å². The van der Waals surface area contributed by atoms with Gasteiger partial charge in [0.05, 0.1) is 7.11 Å². The van der Waals surface area contributed by atoms with Gasteiger partial charge in [-0.1, -0.05) is 0 Å². The number of esters is 1. The number of ether oxygens (including phenoxy) is 1. The minimum atomic E-state index is -0.546. The van der Waals surface area contributed by atoms with Crippen LogP contribution in [0.1, 0.15) is 11.3 Å². The van der Waals surface area contributed by atoms with Crippen molar-refractivity contribution in [3.05, 3.63) is 43.3 Å². The number of carbonyl (C=O) groups excluding carboxylic acids is 1.